The molecule has 0 saturated heterocycles. The second-order valence-corrected chi connectivity index (χ2v) is 11.5. The summed E-state index contributed by atoms with van der Waals surface area (Å²) in [7, 11) is 0. The fraction of sp³-hybridized carbons (Fsp3) is 0.538. The first-order valence-electron chi connectivity index (χ1n) is 13.0. The molecule has 3 aromatic rings. The van der Waals surface area contributed by atoms with Crippen LogP contribution in [-0.4, -0.2) is 61.7 Å². The number of oxazole rings is 1. The molecule has 1 aliphatic heterocycles. The van der Waals surface area contributed by atoms with Crippen LogP contribution >= 0.6 is 11.3 Å². The summed E-state index contributed by atoms with van der Waals surface area (Å²) in [4.78, 5) is 57.7. The Balaban J connectivity index is 1.70. The molecule has 4 rings (SSSR count). The fourth-order valence-corrected chi connectivity index (χ4v) is 5.50. The van der Waals surface area contributed by atoms with Crippen molar-refractivity contribution in [3.05, 3.63) is 51.6 Å². The van der Waals surface area contributed by atoms with Gasteiger partial charge in [0, 0.05) is 36.4 Å². The third kappa shape index (κ3) is 6.90. The van der Waals surface area contributed by atoms with Gasteiger partial charge in [0.25, 0.3) is 11.8 Å². The summed E-state index contributed by atoms with van der Waals surface area (Å²) in [6.45, 7) is 12.3. The topological polar surface area (TPSA) is 158 Å². The van der Waals surface area contributed by atoms with Gasteiger partial charge in [0.1, 0.15) is 22.5 Å². The lowest BCUT2D eigenvalue weighted by atomic mass is 10.0. The number of carbonyl (C=O) groups excluding carboxylic acids is 3. The quantitative estimate of drug-likeness (QED) is 0.382. The maximum absolute atomic E-state index is 13.2. The molecule has 0 unspecified atom stereocenters. The third-order valence-corrected chi connectivity index (χ3v) is 7.40. The molecule has 210 valence electrons. The molecule has 0 aromatic carbocycles. The minimum Gasteiger partial charge on any atom is -0.443 e. The van der Waals surface area contributed by atoms with Crippen molar-refractivity contribution in [1.29, 1.82) is 0 Å². The summed E-state index contributed by atoms with van der Waals surface area (Å²) in [5.74, 6) is -0.365. The van der Waals surface area contributed by atoms with Crippen molar-refractivity contribution < 1.29 is 18.8 Å². The minimum atomic E-state index is -0.565. The number of amides is 3. The molecule has 3 aromatic heterocycles. The van der Waals surface area contributed by atoms with Crippen LogP contribution in [0.4, 0.5) is 0 Å². The van der Waals surface area contributed by atoms with Crippen molar-refractivity contribution in [2.75, 3.05) is 13.1 Å². The predicted octanol–water partition coefficient (Wildman–Crippen LogP) is 2.74. The van der Waals surface area contributed by atoms with Crippen molar-refractivity contribution in [3.8, 4) is 0 Å². The molecule has 1 aliphatic rings. The van der Waals surface area contributed by atoms with E-state index in [0.717, 1.165) is 5.69 Å². The van der Waals surface area contributed by atoms with Crippen LogP contribution in [0.3, 0.4) is 0 Å². The number of imidazole rings is 1. The van der Waals surface area contributed by atoms with Crippen molar-refractivity contribution in [1.82, 2.24) is 40.8 Å². The lowest BCUT2D eigenvalue weighted by Gasteiger charge is -2.27. The van der Waals surface area contributed by atoms with E-state index in [2.05, 4.69) is 35.9 Å². The van der Waals surface area contributed by atoms with Crippen molar-refractivity contribution in [2.24, 2.45) is 11.8 Å². The van der Waals surface area contributed by atoms with Gasteiger partial charge in [-0.25, -0.2) is 15.0 Å². The second kappa shape index (κ2) is 12.1. The maximum Gasteiger partial charge on any atom is 0.273 e. The highest BCUT2D eigenvalue weighted by atomic mass is 32.1. The van der Waals surface area contributed by atoms with Crippen LogP contribution < -0.4 is 16.0 Å². The monoisotopic (exact) mass is 556 g/mol. The predicted molar refractivity (Wildman–Crippen MR) is 145 cm³/mol. The number of rotatable bonds is 4. The summed E-state index contributed by atoms with van der Waals surface area (Å²) < 4.78 is 5.87. The van der Waals surface area contributed by atoms with Crippen LogP contribution in [-0.2, 0) is 11.3 Å². The number of aryl methyl sites for hydroxylation is 1. The number of nitrogens with zero attached hydrogens (tertiary/aromatic N) is 4. The van der Waals surface area contributed by atoms with Gasteiger partial charge in [0.15, 0.2) is 5.69 Å². The van der Waals surface area contributed by atoms with Gasteiger partial charge < -0.3 is 25.4 Å². The van der Waals surface area contributed by atoms with Gasteiger partial charge >= 0.3 is 0 Å². The summed E-state index contributed by atoms with van der Waals surface area (Å²) in [5.41, 5.74) is 1.25. The summed E-state index contributed by atoms with van der Waals surface area (Å²) in [6.07, 6.45) is 3.29. The third-order valence-electron chi connectivity index (χ3n) is 6.48. The van der Waals surface area contributed by atoms with E-state index in [4.69, 9.17) is 4.42 Å². The fourth-order valence-electron chi connectivity index (χ4n) is 4.48. The molecule has 3 amide bonds. The van der Waals surface area contributed by atoms with Gasteiger partial charge in [-0.2, -0.15) is 0 Å². The first kappa shape index (κ1) is 28.4. The minimum absolute atomic E-state index is 0.0398. The van der Waals surface area contributed by atoms with E-state index < -0.39 is 6.04 Å². The Bertz CT molecular complexity index is 1300. The smallest absolute Gasteiger partial charge is 0.273 e. The molecule has 0 fully saturated rings. The maximum atomic E-state index is 13.2. The Hall–Kier alpha value is -3.58. The molecule has 0 radical (unpaired) electrons. The number of aromatic nitrogens is 4. The molecule has 4 bridgehead atoms. The van der Waals surface area contributed by atoms with Crippen LogP contribution in [0, 0.1) is 18.8 Å². The number of nitrogens with one attached hydrogen (secondary N) is 4. The number of fused-ring (bicyclic) bond motifs is 4. The summed E-state index contributed by atoms with van der Waals surface area (Å²) in [5, 5.41) is 11.4. The van der Waals surface area contributed by atoms with Gasteiger partial charge in [-0.1, -0.05) is 27.7 Å². The van der Waals surface area contributed by atoms with Crippen LogP contribution in [0.2, 0.25) is 0 Å². The van der Waals surface area contributed by atoms with Gasteiger partial charge in [-0.05, 0) is 25.7 Å². The van der Waals surface area contributed by atoms with Gasteiger partial charge in [-0.3, -0.25) is 19.3 Å². The first-order valence-corrected chi connectivity index (χ1v) is 13.9. The molecule has 0 spiro atoms. The molecule has 13 heteroatoms. The summed E-state index contributed by atoms with van der Waals surface area (Å²) >= 11 is 1.33. The molecular weight excluding hydrogens is 520 g/mol. The zero-order valence-electron chi connectivity index (χ0n) is 23.1. The van der Waals surface area contributed by atoms with Gasteiger partial charge in [0.05, 0.1) is 18.9 Å². The SMILES string of the molecule is Cc1oc2nc1C(=O)N[C@H](C)CN(Cc1cnc[nH]1)CC(=O)N[C@@H](C(C)C)c1nc(cs1)C(=O)N[C@@H]2C(C)C. The highest BCUT2D eigenvalue weighted by Crippen LogP contribution is 2.27. The molecule has 0 saturated carbocycles. The molecule has 12 nitrogen and oxygen atoms in total. The average molecular weight is 557 g/mol. The molecule has 39 heavy (non-hydrogen) atoms. The zero-order chi connectivity index (χ0) is 28.3. The molecule has 3 atom stereocenters. The van der Waals surface area contributed by atoms with E-state index in [0.29, 0.717) is 23.9 Å². The van der Waals surface area contributed by atoms with Crippen LogP contribution in [0.1, 0.15) is 90.0 Å². The Kier molecular flexibility index (Phi) is 8.80. The highest BCUT2D eigenvalue weighted by molar-refractivity contribution is 7.09. The van der Waals surface area contributed by atoms with Crippen molar-refractivity contribution >= 4 is 29.1 Å². The van der Waals surface area contributed by atoms with E-state index in [1.54, 1.807) is 24.8 Å². The average Bonchev–Trinajstić information content (AvgIpc) is 3.61. The number of aromatic amines is 1. The van der Waals surface area contributed by atoms with Crippen LogP contribution in [0.25, 0.3) is 0 Å². The Morgan fingerprint density at radius 3 is 2.46 bits per heavy atom. The molecule has 4 heterocycles. The lowest BCUT2D eigenvalue weighted by molar-refractivity contribution is -0.123. The van der Waals surface area contributed by atoms with E-state index in [-0.39, 0.29) is 65.5 Å². The molecule has 4 N–H and O–H groups in total. The normalized spacial score (nSPS) is 21.8. The first-order chi connectivity index (χ1) is 18.5. The largest absolute Gasteiger partial charge is 0.443 e. The Labute approximate surface area is 231 Å². The van der Waals surface area contributed by atoms with E-state index >= 15 is 0 Å². The Morgan fingerprint density at radius 2 is 1.79 bits per heavy atom. The van der Waals surface area contributed by atoms with Crippen molar-refractivity contribution in [2.45, 2.75) is 66.2 Å². The highest BCUT2D eigenvalue weighted by Gasteiger charge is 2.30. The van der Waals surface area contributed by atoms with Gasteiger partial charge in [0.2, 0.25) is 11.8 Å². The van der Waals surface area contributed by atoms with Crippen LogP contribution in [0.15, 0.2) is 22.3 Å². The summed E-state index contributed by atoms with van der Waals surface area (Å²) in [6, 6.07) is -1.24. The standard InChI is InChI=1S/C26H36N8O4S/c1-13(2)20-25-33-22(16(6)38-25)24(37)29-15(5)8-34(9-17-7-27-12-28-17)10-19(35)31-21(14(3)4)26-30-18(11-39-26)23(36)32-20/h7,11-15,20-21H,8-10H2,1-6H3,(H,27,28)(H,29,37)(H,31,35)(H,32,36)/t15-,20-,21+/m1/s1. The second-order valence-electron chi connectivity index (χ2n) is 10.6. The van der Waals surface area contributed by atoms with E-state index in [9.17, 15) is 14.4 Å². The number of carbonyl (C=O) groups is 3. The number of thiazole rings is 1. The number of hydrogen-bond donors (Lipinski definition) is 4. The van der Waals surface area contributed by atoms with Crippen LogP contribution in [0.5, 0.6) is 0 Å². The Morgan fingerprint density at radius 1 is 1.05 bits per heavy atom. The molecular formula is C26H36N8O4S. The van der Waals surface area contributed by atoms with E-state index in [1.165, 1.54) is 11.3 Å². The zero-order valence-corrected chi connectivity index (χ0v) is 23.9. The van der Waals surface area contributed by atoms with E-state index in [1.807, 2.05) is 39.5 Å². The lowest BCUT2D eigenvalue weighted by Crippen LogP contribution is -2.46. The number of H-pyrrole nitrogens is 1. The molecule has 0 aliphatic carbocycles. The number of hydrogen-bond acceptors (Lipinski definition) is 9. The van der Waals surface area contributed by atoms with Gasteiger partial charge in [-0.15, -0.1) is 11.3 Å². The van der Waals surface area contributed by atoms with Crippen molar-refractivity contribution in [3.63, 3.8) is 0 Å².